The van der Waals surface area contributed by atoms with Crippen molar-refractivity contribution in [2.45, 2.75) is 25.8 Å². The first-order chi connectivity index (χ1) is 11.7. The fourth-order valence-electron chi connectivity index (χ4n) is 3.57. The number of para-hydroxylation sites is 1. The summed E-state index contributed by atoms with van der Waals surface area (Å²) in [7, 11) is 0. The van der Waals surface area contributed by atoms with Gasteiger partial charge in [-0.15, -0.1) is 0 Å². The lowest BCUT2D eigenvalue weighted by atomic mass is 10.0. The number of ether oxygens (including phenoxy) is 1. The summed E-state index contributed by atoms with van der Waals surface area (Å²) >= 11 is 0. The van der Waals surface area contributed by atoms with Crippen molar-refractivity contribution in [1.29, 1.82) is 0 Å². The molecule has 1 amide bonds. The average Bonchev–Trinajstić information content (AvgIpc) is 2.64. The van der Waals surface area contributed by atoms with E-state index in [0.717, 1.165) is 52.2 Å². The molecule has 2 aliphatic heterocycles. The number of benzene rings is 1. The van der Waals surface area contributed by atoms with Crippen LogP contribution in [0.25, 0.3) is 0 Å². The largest absolute Gasteiger partial charge is 0.381 e. The molecule has 0 radical (unpaired) electrons. The summed E-state index contributed by atoms with van der Waals surface area (Å²) in [5.74, 6) is 0.196. The second kappa shape index (κ2) is 8.49. The molecule has 0 unspecified atom stereocenters. The SMILES string of the molecule is C[C@H](CN1CCN(c2ccccc2)CC1)NC(=O)[C@@H]1CCCOC1. The fraction of sp³-hybridized carbons (Fsp3) is 0.632. The molecule has 1 aromatic rings. The number of carbonyl (C=O) groups excluding carboxylic acids is 1. The molecule has 2 heterocycles. The zero-order valence-corrected chi connectivity index (χ0v) is 14.6. The van der Waals surface area contributed by atoms with Gasteiger partial charge in [-0.2, -0.15) is 0 Å². The van der Waals surface area contributed by atoms with Gasteiger partial charge in [0.05, 0.1) is 12.5 Å². The lowest BCUT2D eigenvalue weighted by Gasteiger charge is -2.37. The second-order valence-corrected chi connectivity index (χ2v) is 6.95. The third-order valence-corrected chi connectivity index (χ3v) is 4.95. The molecule has 0 aromatic heterocycles. The fourth-order valence-corrected chi connectivity index (χ4v) is 3.57. The molecule has 2 atom stereocenters. The molecule has 2 fully saturated rings. The molecule has 2 aliphatic rings. The molecule has 24 heavy (non-hydrogen) atoms. The van der Waals surface area contributed by atoms with Gasteiger partial charge in [0.2, 0.25) is 5.91 Å². The third kappa shape index (κ3) is 4.71. The number of amides is 1. The van der Waals surface area contributed by atoms with Gasteiger partial charge >= 0.3 is 0 Å². The number of hydrogen-bond acceptors (Lipinski definition) is 4. The van der Waals surface area contributed by atoms with Gasteiger partial charge in [0, 0.05) is 51.1 Å². The predicted octanol–water partition coefficient (Wildman–Crippen LogP) is 1.74. The van der Waals surface area contributed by atoms with Crippen molar-refractivity contribution in [3.05, 3.63) is 30.3 Å². The molecule has 5 nitrogen and oxygen atoms in total. The van der Waals surface area contributed by atoms with Crippen LogP contribution in [0.1, 0.15) is 19.8 Å². The number of piperazine rings is 1. The molecule has 2 saturated heterocycles. The van der Waals surface area contributed by atoms with Crippen molar-refractivity contribution < 1.29 is 9.53 Å². The highest BCUT2D eigenvalue weighted by atomic mass is 16.5. The maximum Gasteiger partial charge on any atom is 0.225 e. The highest BCUT2D eigenvalue weighted by Crippen LogP contribution is 2.16. The summed E-state index contributed by atoms with van der Waals surface area (Å²) in [5.41, 5.74) is 1.30. The van der Waals surface area contributed by atoms with Crippen LogP contribution in [0.4, 0.5) is 5.69 Å². The molecule has 1 N–H and O–H groups in total. The van der Waals surface area contributed by atoms with E-state index in [4.69, 9.17) is 4.74 Å². The molecule has 3 rings (SSSR count). The van der Waals surface area contributed by atoms with Crippen LogP contribution >= 0.6 is 0 Å². The van der Waals surface area contributed by atoms with Crippen LogP contribution in [-0.2, 0) is 9.53 Å². The first-order valence-corrected chi connectivity index (χ1v) is 9.13. The van der Waals surface area contributed by atoms with Crippen molar-refractivity contribution >= 4 is 11.6 Å². The van der Waals surface area contributed by atoms with Crippen molar-refractivity contribution in [2.24, 2.45) is 5.92 Å². The van der Waals surface area contributed by atoms with Gasteiger partial charge in [0.15, 0.2) is 0 Å². The van der Waals surface area contributed by atoms with Crippen LogP contribution in [0.5, 0.6) is 0 Å². The predicted molar refractivity (Wildman–Crippen MR) is 96.2 cm³/mol. The standard InChI is InChI=1S/C19H29N3O2/c1-16(20-19(23)17-6-5-13-24-15-17)14-21-9-11-22(12-10-21)18-7-3-2-4-8-18/h2-4,7-8,16-17H,5-6,9-15H2,1H3,(H,20,23)/t16-,17-/m1/s1. The van der Waals surface area contributed by atoms with Gasteiger partial charge in [-0.3, -0.25) is 9.69 Å². The maximum atomic E-state index is 12.3. The molecule has 0 saturated carbocycles. The summed E-state index contributed by atoms with van der Waals surface area (Å²) in [4.78, 5) is 17.1. The minimum atomic E-state index is 0.0381. The number of carbonyl (C=O) groups is 1. The lowest BCUT2D eigenvalue weighted by molar-refractivity contribution is -0.129. The second-order valence-electron chi connectivity index (χ2n) is 6.95. The number of nitrogens with one attached hydrogen (secondary N) is 1. The van der Waals surface area contributed by atoms with E-state index in [1.807, 2.05) is 0 Å². The van der Waals surface area contributed by atoms with Crippen LogP contribution in [0.15, 0.2) is 30.3 Å². The van der Waals surface area contributed by atoms with Crippen molar-refractivity contribution in [1.82, 2.24) is 10.2 Å². The van der Waals surface area contributed by atoms with Crippen LogP contribution in [0.3, 0.4) is 0 Å². The van der Waals surface area contributed by atoms with E-state index in [1.54, 1.807) is 0 Å². The van der Waals surface area contributed by atoms with Crippen LogP contribution in [0.2, 0.25) is 0 Å². The Morgan fingerprint density at radius 1 is 1.25 bits per heavy atom. The Balaban J connectivity index is 1.40. The molecule has 132 valence electrons. The van der Waals surface area contributed by atoms with Crippen LogP contribution in [-0.4, -0.2) is 62.8 Å². The van der Waals surface area contributed by atoms with Gasteiger partial charge in [0.1, 0.15) is 0 Å². The number of anilines is 1. The van der Waals surface area contributed by atoms with E-state index >= 15 is 0 Å². The smallest absolute Gasteiger partial charge is 0.225 e. The lowest BCUT2D eigenvalue weighted by Crippen LogP contribution is -2.51. The molecule has 1 aromatic carbocycles. The Labute approximate surface area is 145 Å². The minimum absolute atomic E-state index is 0.0381. The zero-order valence-electron chi connectivity index (χ0n) is 14.6. The monoisotopic (exact) mass is 331 g/mol. The Bertz CT molecular complexity index is 509. The molecule has 0 aliphatic carbocycles. The molecular weight excluding hydrogens is 302 g/mol. The number of rotatable bonds is 5. The van der Waals surface area contributed by atoms with E-state index in [1.165, 1.54) is 5.69 Å². The van der Waals surface area contributed by atoms with Gasteiger partial charge < -0.3 is 15.0 Å². The van der Waals surface area contributed by atoms with Gasteiger partial charge in [-0.25, -0.2) is 0 Å². The van der Waals surface area contributed by atoms with Crippen LogP contribution in [0, 0.1) is 5.92 Å². The quantitative estimate of drug-likeness (QED) is 0.893. The topological polar surface area (TPSA) is 44.8 Å². The minimum Gasteiger partial charge on any atom is -0.381 e. The summed E-state index contributed by atoms with van der Waals surface area (Å²) in [6.07, 6.45) is 1.95. The van der Waals surface area contributed by atoms with E-state index in [-0.39, 0.29) is 17.9 Å². The Hall–Kier alpha value is -1.59. The molecule has 0 bridgehead atoms. The number of hydrogen-bond donors (Lipinski definition) is 1. The summed E-state index contributed by atoms with van der Waals surface area (Å²) in [6, 6.07) is 10.8. The van der Waals surface area contributed by atoms with E-state index in [0.29, 0.717) is 6.61 Å². The highest BCUT2D eigenvalue weighted by Gasteiger charge is 2.24. The van der Waals surface area contributed by atoms with Gasteiger partial charge in [-0.1, -0.05) is 18.2 Å². The Morgan fingerprint density at radius 3 is 2.67 bits per heavy atom. The van der Waals surface area contributed by atoms with E-state index < -0.39 is 0 Å². The van der Waals surface area contributed by atoms with Crippen molar-refractivity contribution in [2.75, 3.05) is 50.8 Å². The Morgan fingerprint density at radius 2 is 2.00 bits per heavy atom. The maximum absolute atomic E-state index is 12.3. The van der Waals surface area contributed by atoms with E-state index in [9.17, 15) is 4.79 Å². The van der Waals surface area contributed by atoms with Gasteiger partial charge in [-0.05, 0) is 31.9 Å². The summed E-state index contributed by atoms with van der Waals surface area (Å²) in [6.45, 7) is 8.57. The first kappa shape index (κ1) is 17.2. The Kier molecular flexibility index (Phi) is 6.10. The normalized spacial score (nSPS) is 23.7. The third-order valence-electron chi connectivity index (χ3n) is 4.95. The van der Waals surface area contributed by atoms with Crippen LogP contribution < -0.4 is 10.2 Å². The summed E-state index contributed by atoms with van der Waals surface area (Å²) < 4.78 is 5.41. The zero-order chi connectivity index (χ0) is 16.8. The van der Waals surface area contributed by atoms with E-state index in [2.05, 4.69) is 52.4 Å². The van der Waals surface area contributed by atoms with Gasteiger partial charge in [0.25, 0.3) is 0 Å². The molecule has 0 spiro atoms. The molecule has 5 heteroatoms. The molecular formula is C19H29N3O2. The first-order valence-electron chi connectivity index (χ1n) is 9.13. The average molecular weight is 331 g/mol. The number of nitrogens with zero attached hydrogens (tertiary/aromatic N) is 2. The summed E-state index contributed by atoms with van der Waals surface area (Å²) in [5, 5.41) is 3.17. The highest BCUT2D eigenvalue weighted by molar-refractivity contribution is 5.79. The van der Waals surface area contributed by atoms with Crippen molar-refractivity contribution in [3.8, 4) is 0 Å². The van der Waals surface area contributed by atoms with Crippen molar-refractivity contribution in [3.63, 3.8) is 0 Å².